The van der Waals surface area contributed by atoms with Crippen LogP contribution in [0, 0.1) is 18.8 Å². The fourth-order valence-electron chi connectivity index (χ4n) is 4.55. The van der Waals surface area contributed by atoms with Crippen LogP contribution in [0.5, 0.6) is 0 Å². The first-order valence-corrected chi connectivity index (χ1v) is 10.3. The summed E-state index contributed by atoms with van der Waals surface area (Å²) in [5, 5.41) is 0. The summed E-state index contributed by atoms with van der Waals surface area (Å²) >= 11 is 0. The van der Waals surface area contributed by atoms with Crippen LogP contribution in [-0.4, -0.2) is 62.5 Å². The molecule has 4 rings (SSSR count). The molecule has 1 spiro atoms. The molecule has 0 aromatic heterocycles. The molecule has 5 heteroatoms. The van der Waals surface area contributed by atoms with Crippen LogP contribution < -0.4 is 0 Å². The Kier molecular flexibility index (Phi) is 5.81. The van der Waals surface area contributed by atoms with Gasteiger partial charge in [-0.3, -0.25) is 4.79 Å². The van der Waals surface area contributed by atoms with Gasteiger partial charge >= 0.3 is 0 Å². The van der Waals surface area contributed by atoms with Gasteiger partial charge in [0, 0.05) is 38.6 Å². The van der Waals surface area contributed by atoms with Gasteiger partial charge in [0.15, 0.2) is 0 Å². The quantitative estimate of drug-likeness (QED) is 0.719. The van der Waals surface area contributed by atoms with Crippen molar-refractivity contribution >= 4 is 5.91 Å². The third-order valence-electron chi connectivity index (χ3n) is 6.41. The summed E-state index contributed by atoms with van der Waals surface area (Å²) in [7, 11) is 0. The lowest BCUT2D eigenvalue weighted by Crippen LogP contribution is -2.66. The van der Waals surface area contributed by atoms with E-state index in [1.54, 1.807) is 0 Å². The topological polar surface area (TPSA) is 48.0 Å². The Labute approximate surface area is 162 Å². The molecule has 1 aromatic rings. The van der Waals surface area contributed by atoms with E-state index in [-0.39, 0.29) is 11.5 Å². The van der Waals surface area contributed by atoms with Crippen molar-refractivity contribution in [2.75, 3.05) is 46.1 Å². The van der Waals surface area contributed by atoms with Gasteiger partial charge in [0.25, 0.3) is 5.91 Å². The average molecular weight is 373 g/mol. The highest BCUT2D eigenvalue weighted by molar-refractivity contribution is 5.95. The number of hydrogen-bond acceptors (Lipinski definition) is 4. The minimum absolute atomic E-state index is 0.116. The van der Waals surface area contributed by atoms with Crippen molar-refractivity contribution in [3.63, 3.8) is 0 Å². The Morgan fingerprint density at radius 2 is 1.89 bits per heavy atom. The maximum Gasteiger partial charge on any atom is 0.254 e. The molecule has 3 aliphatic rings. The molecule has 0 saturated carbocycles. The van der Waals surface area contributed by atoms with E-state index < -0.39 is 0 Å². The molecule has 1 amide bonds. The highest BCUT2D eigenvalue weighted by Crippen LogP contribution is 2.42. The first-order valence-electron chi connectivity index (χ1n) is 10.3. The van der Waals surface area contributed by atoms with Gasteiger partial charge in [-0.15, -0.1) is 0 Å². The summed E-state index contributed by atoms with van der Waals surface area (Å²) in [6, 6.07) is 7.82. The third-order valence-corrected chi connectivity index (χ3v) is 6.41. The number of carbonyl (C=O) groups is 1. The maximum atomic E-state index is 12.7. The van der Waals surface area contributed by atoms with Gasteiger partial charge in [0.1, 0.15) is 5.60 Å². The summed E-state index contributed by atoms with van der Waals surface area (Å²) in [5.74, 6) is 1.26. The third kappa shape index (κ3) is 4.20. The number of amides is 1. The van der Waals surface area contributed by atoms with Crippen molar-refractivity contribution in [1.82, 2.24) is 4.90 Å². The number of ether oxygens (including phenoxy) is 3. The van der Waals surface area contributed by atoms with Gasteiger partial charge in [-0.25, -0.2) is 0 Å². The zero-order valence-electron chi connectivity index (χ0n) is 16.3. The second-order valence-corrected chi connectivity index (χ2v) is 8.35. The predicted octanol–water partition coefficient (Wildman–Crippen LogP) is 3.06. The monoisotopic (exact) mass is 373 g/mol. The zero-order valence-corrected chi connectivity index (χ0v) is 16.3. The smallest absolute Gasteiger partial charge is 0.254 e. The molecule has 3 fully saturated rings. The highest BCUT2D eigenvalue weighted by Gasteiger charge is 2.54. The van der Waals surface area contributed by atoms with Crippen LogP contribution in [0.2, 0.25) is 0 Å². The average Bonchev–Trinajstić information content (AvgIpc) is 3.09. The van der Waals surface area contributed by atoms with Gasteiger partial charge in [0.2, 0.25) is 0 Å². The van der Waals surface area contributed by atoms with E-state index in [0.717, 1.165) is 64.3 Å². The minimum Gasteiger partial charge on any atom is -0.381 e. The number of aryl methyl sites for hydroxylation is 1. The molecule has 0 aliphatic carbocycles. The first-order chi connectivity index (χ1) is 13.2. The first kappa shape index (κ1) is 18.9. The summed E-state index contributed by atoms with van der Waals surface area (Å²) in [5.41, 5.74) is 1.80. The Hall–Kier alpha value is -1.43. The summed E-state index contributed by atoms with van der Waals surface area (Å²) in [4.78, 5) is 14.6. The molecule has 3 heterocycles. The number of carbonyl (C=O) groups excluding carboxylic acids is 1. The van der Waals surface area contributed by atoms with Crippen molar-refractivity contribution in [2.45, 2.75) is 38.2 Å². The second kappa shape index (κ2) is 8.29. The fourth-order valence-corrected chi connectivity index (χ4v) is 4.55. The van der Waals surface area contributed by atoms with Crippen molar-refractivity contribution in [3.8, 4) is 0 Å². The van der Waals surface area contributed by atoms with Crippen LogP contribution in [0.4, 0.5) is 0 Å². The Morgan fingerprint density at radius 3 is 2.63 bits per heavy atom. The summed E-state index contributed by atoms with van der Waals surface area (Å²) in [6.07, 6.45) is 4.34. The van der Waals surface area contributed by atoms with Gasteiger partial charge in [-0.1, -0.05) is 17.7 Å². The molecule has 0 N–H and O–H groups in total. The minimum atomic E-state index is -0.137. The van der Waals surface area contributed by atoms with Crippen molar-refractivity contribution in [2.24, 2.45) is 11.8 Å². The molecule has 27 heavy (non-hydrogen) atoms. The van der Waals surface area contributed by atoms with Crippen LogP contribution in [0.3, 0.4) is 0 Å². The van der Waals surface area contributed by atoms with Gasteiger partial charge in [-0.05, 0) is 56.6 Å². The van der Waals surface area contributed by atoms with E-state index in [2.05, 4.69) is 0 Å². The van der Waals surface area contributed by atoms with E-state index in [1.165, 1.54) is 5.56 Å². The molecular formula is C22H31NO4. The molecular weight excluding hydrogens is 342 g/mol. The largest absolute Gasteiger partial charge is 0.381 e. The van der Waals surface area contributed by atoms with Crippen LogP contribution in [0.15, 0.2) is 24.3 Å². The Balaban J connectivity index is 1.23. The van der Waals surface area contributed by atoms with E-state index >= 15 is 0 Å². The summed E-state index contributed by atoms with van der Waals surface area (Å²) < 4.78 is 17.5. The number of likely N-dealkylation sites (tertiary alicyclic amines) is 1. The van der Waals surface area contributed by atoms with E-state index in [1.807, 2.05) is 36.1 Å². The van der Waals surface area contributed by atoms with E-state index in [0.29, 0.717) is 24.9 Å². The molecule has 0 bridgehead atoms. The number of benzene rings is 1. The van der Waals surface area contributed by atoms with Crippen molar-refractivity contribution < 1.29 is 19.0 Å². The zero-order chi connectivity index (χ0) is 18.7. The van der Waals surface area contributed by atoms with Crippen LogP contribution in [0.1, 0.15) is 41.6 Å². The van der Waals surface area contributed by atoms with E-state index in [4.69, 9.17) is 14.2 Å². The van der Waals surface area contributed by atoms with Crippen LogP contribution >= 0.6 is 0 Å². The lowest BCUT2D eigenvalue weighted by atomic mass is 9.79. The van der Waals surface area contributed by atoms with Gasteiger partial charge in [-0.2, -0.15) is 0 Å². The van der Waals surface area contributed by atoms with Gasteiger partial charge in [0.05, 0.1) is 13.1 Å². The fraction of sp³-hybridized carbons (Fsp3) is 0.682. The number of rotatable bonds is 6. The Bertz CT molecular complexity index is 632. The lowest BCUT2D eigenvalue weighted by molar-refractivity contribution is -0.121. The van der Waals surface area contributed by atoms with Crippen LogP contribution in [-0.2, 0) is 14.2 Å². The molecule has 1 atom stereocenters. The number of nitrogens with zero attached hydrogens (tertiary/aromatic N) is 1. The molecule has 0 radical (unpaired) electrons. The maximum absolute atomic E-state index is 12.7. The molecule has 148 valence electrons. The molecule has 1 aromatic carbocycles. The van der Waals surface area contributed by atoms with Crippen LogP contribution in [0.25, 0.3) is 0 Å². The normalized spacial score (nSPS) is 24.9. The standard InChI is InChI=1S/C22H31NO4/c1-17-2-4-19(5-3-17)21(24)23-15-22(16-23)20(9-13-27-22)8-12-26-14-18-6-10-25-11-7-18/h2-5,18,20H,6-16H2,1H3/t20-/m1/s1. The number of hydrogen-bond donors (Lipinski definition) is 0. The predicted molar refractivity (Wildman–Crippen MR) is 103 cm³/mol. The SMILES string of the molecule is Cc1ccc(C(=O)N2CC3(C2)OCC[C@H]3CCOCC2CCOCC2)cc1. The Morgan fingerprint density at radius 1 is 1.15 bits per heavy atom. The van der Waals surface area contributed by atoms with Crippen molar-refractivity contribution in [3.05, 3.63) is 35.4 Å². The molecule has 5 nitrogen and oxygen atoms in total. The van der Waals surface area contributed by atoms with E-state index in [9.17, 15) is 4.79 Å². The summed E-state index contributed by atoms with van der Waals surface area (Å²) in [6.45, 7) is 7.65. The molecule has 0 unspecified atom stereocenters. The van der Waals surface area contributed by atoms with Crippen molar-refractivity contribution in [1.29, 1.82) is 0 Å². The lowest BCUT2D eigenvalue weighted by Gasteiger charge is -2.50. The molecule has 3 saturated heterocycles. The highest BCUT2D eigenvalue weighted by atomic mass is 16.5. The molecule has 3 aliphatic heterocycles. The van der Waals surface area contributed by atoms with Gasteiger partial charge < -0.3 is 19.1 Å². The second-order valence-electron chi connectivity index (χ2n) is 8.35.